The van der Waals surface area contributed by atoms with Gasteiger partial charge in [0.15, 0.2) is 0 Å². The maximum absolute atomic E-state index is 13.2. The lowest BCUT2D eigenvalue weighted by atomic mass is 9.96. The van der Waals surface area contributed by atoms with Gasteiger partial charge in [-0.2, -0.15) is 0 Å². The number of rotatable bonds is 4. The molecule has 0 spiro atoms. The number of para-hydroxylation sites is 2. The quantitative estimate of drug-likeness (QED) is 0.823. The van der Waals surface area contributed by atoms with Gasteiger partial charge in [-0.15, -0.1) is 11.8 Å². The Morgan fingerprint density at radius 1 is 1.19 bits per heavy atom. The predicted molar refractivity (Wildman–Crippen MR) is 109 cm³/mol. The van der Waals surface area contributed by atoms with Gasteiger partial charge in [0, 0.05) is 10.8 Å². The summed E-state index contributed by atoms with van der Waals surface area (Å²) in [4.78, 5) is 27.3. The minimum absolute atomic E-state index is 0.0729. The van der Waals surface area contributed by atoms with E-state index in [1.54, 1.807) is 30.5 Å². The Labute approximate surface area is 162 Å². The highest BCUT2D eigenvalue weighted by Gasteiger charge is 2.44. The summed E-state index contributed by atoms with van der Waals surface area (Å²) in [5.74, 6) is 0.447. The molecular formula is C20H21ClN2O2S. The highest BCUT2D eigenvalue weighted by atomic mass is 35.5. The Bertz CT molecular complexity index is 836. The number of carbonyl (C=O) groups excluding carboxylic acids is 2. The lowest BCUT2D eigenvalue weighted by Crippen LogP contribution is -2.60. The average molecular weight is 389 g/mol. The largest absolute Gasteiger partial charge is 0.322 e. The third-order valence-corrected chi connectivity index (χ3v) is 5.94. The summed E-state index contributed by atoms with van der Waals surface area (Å²) in [7, 11) is 0. The number of nitrogens with one attached hydrogen (secondary N) is 1. The molecule has 3 rings (SSSR count). The van der Waals surface area contributed by atoms with E-state index in [2.05, 4.69) is 5.32 Å². The number of anilines is 2. The van der Waals surface area contributed by atoms with Gasteiger partial charge in [0.05, 0.1) is 16.6 Å². The summed E-state index contributed by atoms with van der Waals surface area (Å²) >= 11 is 7.46. The lowest BCUT2D eigenvalue weighted by molar-refractivity contribution is -0.126. The first-order chi connectivity index (χ1) is 12.3. The molecule has 0 aromatic heterocycles. The zero-order chi connectivity index (χ0) is 18.9. The minimum atomic E-state index is -0.944. The van der Waals surface area contributed by atoms with Gasteiger partial charge in [-0.3, -0.25) is 14.5 Å². The van der Waals surface area contributed by atoms with Crippen LogP contribution >= 0.6 is 23.4 Å². The zero-order valence-electron chi connectivity index (χ0n) is 15.0. The summed E-state index contributed by atoms with van der Waals surface area (Å²) < 4.78 is 0. The van der Waals surface area contributed by atoms with Gasteiger partial charge in [0.1, 0.15) is 5.54 Å². The molecule has 1 aliphatic rings. The summed E-state index contributed by atoms with van der Waals surface area (Å²) in [6, 6.07) is 15.0. The van der Waals surface area contributed by atoms with Crippen molar-refractivity contribution in [3.63, 3.8) is 0 Å². The SMILES string of the molecule is C[C@H](SCc1ccc(Cl)cc1)C(=O)N1c2ccccc2NC(=O)C1(C)C. The number of fused-ring (bicyclic) bond motifs is 1. The number of benzene rings is 2. The second kappa shape index (κ2) is 7.33. The van der Waals surface area contributed by atoms with Crippen molar-refractivity contribution in [1.29, 1.82) is 0 Å². The third kappa shape index (κ3) is 3.60. The maximum atomic E-state index is 13.2. The van der Waals surface area contributed by atoms with E-state index in [-0.39, 0.29) is 17.1 Å². The third-order valence-electron chi connectivity index (χ3n) is 4.49. The molecule has 2 aromatic rings. The van der Waals surface area contributed by atoms with E-state index in [4.69, 9.17) is 11.6 Å². The topological polar surface area (TPSA) is 49.4 Å². The number of carbonyl (C=O) groups is 2. The van der Waals surface area contributed by atoms with Gasteiger partial charge in [0.25, 0.3) is 0 Å². The molecule has 6 heteroatoms. The molecule has 0 saturated heterocycles. The molecule has 1 heterocycles. The number of hydrogen-bond acceptors (Lipinski definition) is 3. The van der Waals surface area contributed by atoms with Gasteiger partial charge in [-0.1, -0.05) is 35.9 Å². The van der Waals surface area contributed by atoms with E-state index in [1.807, 2.05) is 55.5 Å². The fourth-order valence-electron chi connectivity index (χ4n) is 2.90. The molecule has 0 bridgehead atoms. The molecule has 1 aliphatic heterocycles. The normalized spacial score (nSPS) is 16.6. The van der Waals surface area contributed by atoms with Crippen LogP contribution in [0.2, 0.25) is 5.02 Å². The first kappa shape index (κ1) is 18.8. The standard InChI is InChI=1S/C20H21ClN2O2S/c1-13(26-12-14-8-10-15(21)11-9-14)18(24)23-17-7-5-4-6-16(17)22-19(25)20(23,2)3/h4-11,13H,12H2,1-3H3,(H,22,25)/t13-/m0/s1. The number of halogens is 1. The van der Waals surface area contributed by atoms with Crippen LogP contribution in [-0.2, 0) is 15.3 Å². The Morgan fingerprint density at radius 2 is 1.85 bits per heavy atom. The minimum Gasteiger partial charge on any atom is -0.322 e. The molecule has 2 aromatic carbocycles. The lowest BCUT2D eigenvalue weighted by Gasteiger charge is -2.43. The van der Waals surface area contributed by atoms with Crippen LogP contribution in [0.5, 0.6) is 0 Å². The highest BCUT2D eigenvalue weighted by molar-refractivity contribution is 7.99. The first-order valence-corrected chi connectivity index (χ1v) is 9.84. The molecule has 1 atom stereocenters. The Kier molecular flexibility index (Phi) is 5.30. The van der Waals surface area contributed by atoms with Crippen LogP contribution in [0.1, 0.15) is 26.3 Å². The van der Waals surface area contributed by atoms with Crippen LogP contribution in [0.3, 0.4) is 0 Å². The van der Waals surface area contributed by atoms with E-state index in [9.17, 15) is 9.59 Å². The van der Waals surface area contributed by atoms with Crippen LogP contribution < -0.4 is 10.2 Å². The van der Waals surface area contributed by atoms with Gasteiger partial charge in [-0.25, -0.2) is 0 Å². The molecule has 0 radical (unpaired) electrons. The van der Waals surface area contributed by atoms with Crippen molar-refractivity contribution in [2.24, 2.45) is 0 Å². The van der Waals surface area contributed by atoms with Gasteiger partial charge in [0.2, 0.25) is 11.8 Å². The van der Waals surface area contributed by atoms with Crippen LogP contribution in [0.25, 0.3) is 0 Å². The Hall–Kier alpha value is -1.98. The van der Waals surface area contributed by atoms with Crippen LogP contribution in [0, 0.1) is 0 Å². The van der Waals surface area contributed by atoms with Crippen molar-refractivity contribution in [2.75, 3.05) is 10.2 Å². The molecule has 0 aliphatic carbocycles. The van der Waals surface area contributed by atoms with Gasteiger partial charge >= 0.3 is 0 Å². The fraction of sp³-hybridized carbons (Fsp3) is 0.300. The second-order valence-corrected chi connectivity index (χ2v) is 8.55. The van der Waals surface area contributed by atoms with Crippen molar-refractivity contribution < 1.29 is 9.59 Å². The fourth-order valence-corrected chi connectivity index (χ4v) is 3.91. The van der Waals surface area contributed by atoms with Crippen molar-refractivity contribution in [3.8, 4) is 0 Å². The molecule has 0 saturated carbocycles. The number of amides is 2. The van der Waals surface area contributed by atoms with Gasteiger partial charge in [-0.05, 0) is 50.6 Å². The zero-order valence-corrected chi connectivity index (χ0v) is 16.5. The summed E-state index contributed by atoms with van der Waals surface area (Å²) in [6.07, 6.45) is 0. The van der Waals surface area contributed by atoms with Crippen molar-refractivity contribution in [3.05, 3.63) is 59.1 Å². The Balaban J connectivity index is 1.80. The smallest absolute Gasteiger partial charge is 0.250 e. The number of thioether (sulfide) groups is 1. The molecule has 1 N–H and O–H groups in total. The average Bonchev–Trinajstić information content (AvgIpc) is 2.61. The van der Waals surface area contributed by atoms with E-state index >= 15 is 0 Å². The molecule has 0 fully saturated rings. The monoisotopic (exact) mass is 388 g/mol. The predicted octanol–water partition coefficient (Wildman–Crippen LogP) is 4.73. The summed E-state index contributed by atoms with van der Waals surface area (Å²) in [6.45, 7) is 5.42. The summed E-state index contributed by atoms with van der Waals surface area (Å²) in [5, 5.41) is 3.29. The van der Waals surface area contributed by atoms with E-state index < -0.39 is 5.54 Å². The molecule has 0 unspecified atom stereocenters. The van der Waals surface area contributed by atoms with E-state index in [0.29, 0.717) is 16.5 Å². The van der Waals surface area contributed by atoms with Crippen LogP contribution in [0.15, 0.2) is 48.5 Å². The molecule has 26 heavy (non-hydrogen) atoms. The van der Waals surface area contributed by atoms with Gasteiger partial charge < -0.3 is 5.32 Å². The van der Waals surface area contributed by atoms with Crippen LogP contribution in [0.4, 0.5) is 11.4 Å². The number of nitrogens with zero attached hydrogens (tertiary/aromatic N) is 1. The molecule has 2 amide bonds. The molecule has 136 valence electrons. The Morgan fingerprint density at radius 3 is 2.54 bits per heavy atom. The highest BCUT2D eigenvalue weighted by Crippen LogP contribution is 2.38. The first-order valence-electron chi connectivity index (χ1n) is 8.41. The van der Waals surface area contributed by atoms with E-state index in [1.165, 1.54) is 0 Å². The van der Waals surface area contributed by atoms with Crippen molar-refractivity contribution >= 4 is 46.6 Å². The molecular weight excluding hydrogens is 368 g/mol. The summed E-state index contributed by atoms with van der Waals surface area (Å²) in [5.41, 5.74) is 1.57. The molecule has 4 nitrogen and oxygen atoms in total. The number of hydrogen-bond donors (Lipinski definition) is 1. The second-order valence-electron chi connectivity index (χ2n) is 6.78. The maximum Gasteiger partial charge on any atom is 0.250 e. The van der Waals surface area contributed by atoms with Crippen LogP contribution in [-0.4, -0.2) is 22.6 Å². The van der Waals surface area contributed by atoms with E-state index in [0.717, 1.165) is 11.3 Å². The van der Waals surface area contributed by atoms with Crippen molar-refractivity contribution in [2.45, 2.75) is 37.3 Å². The van der Waals surface area contributed by atoms with Crippen molar-refractivity contribution in [1.82, 2.24) is 0 Å².